The number of hydrogen-bond acceptors (Lipinski definition) is 3. The molecule has 1 heterocycles. The molecule has 2 N–H and O–H groups in total. The maximum atomic E-state index is 12.9. The molecule has 0 saturated heterocycles. The average Bonchev–Trinajstić information content (AvgIpc) is 2.89. The van der Waals surface area contributed by atoms with E-state index in [2.05, 4.69) is 15.6 Å². The van der Waals surface area contributed by atoms with Gasteiger partial charge in [0.25, 0.3) is 11.8 Å². The van der Waals surface area contributed by atoms with E-state index in [1.807, 2.05) is 103 Å². The molecule has 0 aliphatic heterocycles. The van der Waals surface area contributed by atoms with Crippen LogP contribution in [0, 0.1) is 0 Å². The molecule has 2 amide bonds. The third kappa shape index (κ3) is 4.54. The van der Waals surface area contributed by atoms with Crippen molar-refractivity contribution in [3.05, 3.63) is 127 Å². The second kappa shape index (κ2) is 9.38. The minimum atomic E-state index is -0.211. The van der Waals surface area contributed by atoms with Crippen molar-refractivity contribution in [2.75, 3.05) is 10.6 Å². The Labute approximate surface area is 197 Å². The van der Waals surface area contributed by atoms with Gasteiger partial charge in [-0.1, -0.05) is 66.7 Å². The highest BCUT2D eigenvalue weighted by molar-refractivity contribution is 6.13. The number of nitrogens with one attached hydrogen (secondary N) is 2. The second-order valence-corrected chi connectivity index (χ2v) is 7.81. The van der Waals surface area contributed by atoms with Gasteiger partial charge < -0.3 is 10.6 Å². The van der Waals surface area contributed by atoms with E-state index in [4.69, 9.17) is 0 Å². The van der Waals surface area contributed by atoms with Crippen LogP contribution in [-0.2, 0) is 0 Å². The number of amides is 2. The Kier molecular flexibility index (Phi) is 5.82. The predicted molar refractivity (Wildman–Crippen MR) is 136 cm³/mol. The molecule has 0 aliphatic carbocycles. The maximum absolute atomic E-state index is 12.9. The smallest absolute Gasteiger partial charge is 0.257 e. The van der Waals surface area contributed by atoms with Gasteiger partial charge in [0.15, 0.2) is 0 Å². The summed E-state index contributed by atoms with van der Waals surface area (Å²) in [5.74, 6) is -0.367. The lowest BCUT2D eigenvalue weighted by molar-refractivity contribution is 0.101. The van der Waals surface area contributed by atoms with Crippen molar-refractivity contribution in [1.29, 1.82) is 0 Å². The fourth-order valence-electron chi connectivity index (χ4n) is 3.77. The van der Waals surface area contributed by atoms with Gasteiger partial charge in [-0.25, -0.2) is 0 Å². The molecule has 34 heavy (non-hydrogen) atoms. The van der Waals surface area contributed by atoms with Gasteiger partial charge in [-0.2, -0.15) is 0 Å². The molecular formula is C29H21N3O2. The van der Waals surface area contributed by atoms with Crippen molar-refractivity contribution >= 4 is 34.0 Å². The summed E-state index contributed by atoms with van der Waals surface area (Å²) in [6.07, 6.45) is 1.56. The first kappa shape index (κ1) is 21.1. The minimum absolute atomic E-state index is 0.156. The molecule has 0 aliphatic rings. The molecule has 0 fully saturated rings. The number of aromatic nitrogens is 1. The number of nitrogens with zero attached hydrogens (tertiary/aromatic N) is 1. The van der Waals surface area contributed by atoms with E-state index in [1.54, 1.807) is 12.3 Å². The molecule has 5 nitrogen and oxygen atoms in total. The molecule has 5 rings (SSSR count). The molecule has 0 radical (unpaired) electrons. The highest BCUT2D eigenvalue weighted by atomic mass is 16.2. The van der Waals surface area contributed by atoms with Gasteiger partial charge in [0.2, 0.25) is 0 Å². The van der Waals surface area contributed by atoms with E-state index in [9.17, 15) is 9.59 Å². The van der Waals surface area contributed by atoms with Gasteiger partial charge in [-0.05, 0) is 53.2 Å². The maximum Gasteiger partial charge on any atom is 0.257 e. The molecule has 164 valence electrons. The minimum Gasteiger partial charge on any atom is -0.322 e. The predicted octanol–water partition coefficient (Wildman–Crippen LogP) is 6.41. The normalized spacial score (nSPS) is 10.6. The number of hydrogen-bond donors (Lipinski definition) is 2. The van der Waals surface area contributed by atoms with E-state index < -0.39 is 0 Å². The number of rotatable bonds is 5. The highest BCUT2D eigenvalue weighted by Crippen LogP contribution is 2.23. The lowest BCUT2D eigenvalue weighted by Gasteiger charge is -2.09. The number of carbonyl (C=O) groups is 2. The summed E-state index contributed by atoms with van der Waals surface area (Å²) in [6, 6.07) is 33.8. The Morgan fingerprint density at radius 1 is 0.588 bits per heavy atom. The lowest BCUT2D eigenvalue weighted by atomic mass is 10.0. The SMILES string of the molecule is O=C(Nc1ccccc1)c1ccc(-c2ccc(NC(=O)c3cccc4ccccc34)cc2)nc1. The Morgan fingerprint density at radius 2 is 1.26 bits per heavy atom. The van der Waals surface area contributed by atoms with Crippen LogP contribution in [0.4, 0.5) is 11.4 Å². The van der Waals surface area contributed by atoms with Crippen LogP contribution in [0.3, 0.4) is 0 Å². The monoisotopic (exact) mass is 443 g/mol. The van der Waals surface area contributed by atoms with Gasteiger partial charge in [-0.15, -0.1) is 0 Å². The second-order valence-electron chi connectivity index (χ2n) is 7.81. The quantitative estimate of drug-likeness (QED) is 0.330. The molecule has 4 aromatic carbocycles. The van der Waals surface area contributed by atoms with Crippen molar-refractivity contribution in [2.24, 2.45) is 0 Å². The third-order valence-electron chi connectivity index (χ3n) is 5.53. The number of anilines is 2. The molecule has 0 atom stereocenters. The van der Waals surface area contributed by atoms with Crippen LogP contribution < -0.4 is 10.6 Å². The van der Waals surface area contributed by atoms with Crippen LogP contribution in [-0.4, -0.2) is 16.8 Å². The summed E-state index contributed by atoms with van der Waals surface area (Å²) >= 11 is 0. The summed E-state index contributed by atoms with van der Waals surface area (Å²) in [6.45, 7) is 0. The van der Waals surface area contributed by atoms with Crippen molar-refractivity contribution in [3.8, 4) is 11.3 Å². The number of para-hydroxylation sites is 1. The van der Waals surface area contributed by atoms with Crippen molar-refractivity contribution in [3.63, 3.8) is 0 Å². The van der Waals surface area contributed by atoms with E-state index >= 15 is 0 Å². The number of carbonyl (C=O) groups excluding carboxylic acids is 2. The number of pyridine rings is 1. The average molecular weight is 444 g/mol. The first-order valence-electron chi connectivity index (χ1n) is 10.9. The molecule has 0 spiro atoms. The molecular weight excluding hydrogens is 422 g/mol. The van der Waals surface area contributed by atoms with Crippen LogP contribution in [0.5, 0.6) is 0 Å². The lowest BCUT2D eigenvalue weighted by Crippen LogP contribution is -2.12. The zero-order chi connectivity index (χ0) is 23.3. The van der Waals surface area contributed by atoms with Gasteiger partial charge in [0, 0.05) is 28.7 Å². The standard InChI is InChI=1S/C29H21N3O2/c33-28(31-23-9-2-1-3-10-23)22-15-18-27(30-19-22)21-13-16-24(17-14-21)32-29(34)26-12-6-8-20-7-4-5-11-25(20)26/h1-19H,(H,31,33)(H,32,34). The van der Waals surface area contributed by atoms with Crippen LogP contribution >= 0.6 is 0 Å². The fourth-order valence-corrected chi connectivity index (χ4v) is 3.77. The molecule has 0 saturated carbocycles. The molecule has 5 heteroatoms. The zero-order valence-electron chi connectivity index (χ0n) is 18.2. The summed E-state index contributed by atoms with van der Waals surface area (Å²) in [5.41, 5.74) is 4.17. The summed E-state index contributed by atoms with van der Waals surface area (Å²) in [7, 11) is 0. The van der Waals surface area contributed by atoms with Gasteiger partial charge >= 0.3 is 0 Å². The van der Waals surface area contributed by atoms with Crippen LogP contribution in [0.2, 0.25) is 0 Å². The number of fused-ring (bicyclic) bond motifs is 1. The van der Waals surface area contributed by atoms with Crippen molar-refractivity contribution < 1.29 is 9.59 Å². The Bertz CT molecular complexity index is 1460. The van der Waals surface area contributed by atoms with E-state index in [-0.39, 0.29) is 11.8 Å². The molecule has 5 aromatic rings. The van der Waals surface area contributed by atoms with Gasteiger partial charge in [0.1, 0.15) is 0 Å². The summed E-state index contributed by atoms with van der Waals surface area (Å²) < 4.78 is 0. The summed E-state index contributed by atoms with van der Waals surface area (Å²) in [4.78, 5) is 29.7. The zero-order valence-corrected chi connectivity index (χ0v) is 18.2. The highest BCUT2D eigenvalue weighted by Gasteiger charge is 2.11. The molecule has 0 bridgehead atoms. The Hall–Kier alpha value is -4.77. The van der Waals surface area contributed by atoms with E-state index in [0.29, 0.717) is 16.8 Å². The van der Waals surface area contributed by atoms with E-state index in [1.165, 1.54) is 0 Å². The largest absolute Gasteiger partial charge is 0.322 e. The van der Waals surface area contributed by atoms with Crippen LogP contribution in [0.15, 0.2) is 115 Å². The fraction of sp³-hybridized carbons (Fsp3) is 0. The van der Waals surface area contributed by atoms with Crippen molar-refractivity contribution in [2.45, 2.75) is 0 Å². The first-order chi connectivity index (χ1) is 16.7. The Balaban J connectivity index is 1.27. The first-order valence-corrected chi connectivity index (χ1v) is 10.9. The van der Waals surface area contributed by atoms with Crippen LogP contribution in [0.25, 0.3) is 22.0 Å². The third-order valence-corrected chi connectivity index (χ3v) is 5.53. The van der Waals surface area contributed by atoms with E-state index in [0.717, 1.165) is 27.7 Å². The molecule has 0 unspecified atom stereocenters. The van der Waals surface area contributed by atoms with Crippen molar-refractivity contribution in [1.82, 2.24) is 4.98 Å². The van der Waals surface area contributed by atoms with Gasteiger partial charge in [-0.3, -0.25) is 14.6 Å². The van der Waals surface area contributed by atoms with Gasteiger partial charge in [0.05, 0.1) is 11.3 Å². The number of benzene rings is 4. The topological polar surface area (TPSA) is 71.1 Å². The molecule has 1 aromatic heterocycles. The Morgan fingerprint density at radius 3 is 2.03 bits per heavy atom. The summed E-state index contributed by atoms with van der Waals surface area (Å²) in [5, 5.41) is 7.75. The van der Waals surface area contributed by atoms with Crippen LogP contribution in [0.1, 0.15) is 20.7 Å².